The zero-order valence-corrected chi connectivity index (χ0v) is 19.1. The second-order valence-electron chi connectivity index (χ2n) is 8.41. The lowest BCUT2D eigenvalue weighted by Crippen LogP contribution is -2.40. The Morgan fingerprint density at radius 1 is 0.909 bits per heavy atom. The first-order valence-electron chi connectivity index (χ1n) is 11.2. The molecule has 0 atom stereocenters. The van der Waals surface area contributed by atoms with Crippen LogP contribution >= 0.6 is 0 Å². The highest BCUT2D eigenvalue weighted by Crippen LogP contribution is 2.37. The summed E-state index contributed by atoms with van der Waals surface area (Å²) in [5, 5.41) is 2.99. The zero-order valence-electron chi connectivity index (χ0n) is 18.3. The van der Waals surface area contributed by atoms with Gasteiger partial charge < -0.3 is 10.1 Å². The SMILES string of the molecule is O=C(CCc1ccc(S(=O)(=O)N2CCOCC2)cc1)Nc1ccc2c(c1)Cc1ccccc1-2. The number of ether oxygens (including phenoxy) is 1. The van der Waals surface area contributed by atoms with Gasteiger partial charge in [-0.05, 0) is 64.9 Å². The number of nitrogens with zero attached hydrogens (tertiary/aromatic N) is 1. The molecule has 5 rings (SSSR count). The van der Waals surface area contributed by atoms with E-state index in [9.17, 15) is 13.2 Å². The molecule has 3 aromatic rings. The molecule has 1 N–H and O–H groups in total. The number of aryl methyl sites for hydroxylation is 1. The minimum absolute atomic E-state index is 0.0597. The lowest BCUT2D eigenvalue weighted by atomic mass is 10.1. The number of hydrogen-bond acceptors (Lipinski definition) is 4. The van der Waals surface area contributed by atoms with E-state index in [1.54, 1.807) is 24.3 Å². The summed E-state index contributed by atoms with van der Waals surface area (Å²) in [5.74, 6) is -0.0597. The van der Waals surface area contributed by atoms with Crippen LogP contribution in [0.3, 0.4) is 0 Å². The second kappa shape index (κ2) is 9.09. The molecule has 0 aromatic heterocycles. The van der Waals surface area contributed by atoms with E-state index in [1.807, 2.05) is 12.1 Å². The number of amides is 1. The number of carbonyl (C=O) groups is 1. The maximum Gasteiger partial charge on any atom is 0.243 e. The Balaban J connectivity index is 1.18. The van der Waals surface area contributed by atoms with Gasteiger partial charge in [-0.3, -0.25) is 4.79 Å². The maximum atomic E-state index is 12.7. The third-order valence-corrected chi connectivity index (χ3v) is 8.16. The smallest absolute Gasteiger partial charge is 0.243 e. The topological polar surface area (TPSA) is 75.7 Å². The first kappa shape index (κ1) is 21.8. The van der Waals surface area contributed by atoms with Crippen molar-refractivity contribution in [3.63, 3.8) is 0 Å². The Hall–Kier alpha value is -3.00. The maximum absolute atomic E-state index is 12.7. The molecular weight excluding hydrogens is 436 g/mol. The van der Waals surface area contributed by atoms with E-state index in [0.717, 1.165) is 17.7 Å². The van der Waals surface area contributed by atoms with Gasteiger partial charge in [-0.2, -0.15) is 4.31 Å². The van der Waals surface area contributed by atoms with Crippen molar-refractivity contribution in [3.05, 3.63) is 83.4 Å². The predicted molar refractivity (Wildman–Crippen MR) is 128 cm³/mol. The fourth-order valence-electron chi connectivity index (χ4n) is 4.47. The first-order valence-corrected chi connectivity index (χ1v) is 12.6. The molecule has 170 valence electrons. The van der Waals surface area contributed by atoms with Gasteiger partial charge in [-0.15, -0.1) is 0 Å². The number of benzene rings is 3. The number of fused-ring (bicyclic) bond motifs is 3. The molecule has 1 aliphatic heterocycles. The van der Waals surface area contributed by atoms with Gasteiger partial charge in [0.15, 0.2) is 0 Å². The van der Waals surface area contributed by atoms with Crippen LogP contribution in [0, 0.1) is 0 Å². The van der Waals surface area contributed by atoms with Crippen LogP contribution in [0.15, 0.2) is 71.6 Å². The molecule has 0 bridgehead atoms. The van der Waals surface area contributed by atoms with Gasteiger partial charge >= 0.3 is 0 Å². The Morgan fingerprint density at radius 3 is 2.42 bits per heavy atom. The predicted octanol–water partition coefficient (Wildman–Crippen LogP) is 3.85. The van der Waals surface area contributed by atoms with Gasteiger partial charge in [0.2, 0.25) is 15.9 Å². The third-order valence-electron chi connectivity index (χ3n) is 6.25. The molecule has 1 amide bonds. The van der Waals surface area contributed by atoms with Crippen LogP contribution in [0.2, 0.25) is 0 Å². The Bertz CT molecular complexity index is 1280. The van der Waals surface area contributed by atoms with Gasteiger partial charge in [0, 0.05) is 25.2 Å². The summed E-state index contributed by atoms with van der Waals surface area (Å²) in [6, 6.07) is 21.3. The molecule has 1 fully saturated rings. The number of rotatable bonds is 6. The standard InChI is InChI=1S/C26H26N2O4S/c29-26(27-22-8-11-25-21(18-22)17-20-3-1-2-4-24(20)25)12-7-19-5-9-23(10-6-19)33(30,31)28-13-15-32-16-14-28/h1-6,8-11,18H,7,12-17H2,(H,27,29). The van der Waals surface area contributed by atoms with Gasteiger partial charge in [0.1, 0.15) is 0 Å². The lowest BCUT2D eigenvalue weighted by molar-refractivity contribution is -0.116. The van der Waals surface area contributed by atoms with Gasteiger partial charge in [-0.25, -0.2) is 8.42 Å². The average molecular weight is 463 g/mol. The van der Waals surface area contributed by atoms with Gasteiger partial charge in [-0.1, -0.05) is 42.5 Å². The molecular formula is C26H26N2O4S. The monoisotopic (exact) mass is 462 g/mol. The average Bonchev–Trinajstić information content (AvgIpc) is 3.21. The van der Waals surface area contributed by atoms with Crippen molar-refractivity contribution in [1.29, 1.82) is 0 Å². The number of carbonyl (C=O) groups excluding carboxylic acids is 1. The van der Waals surface area contributed by atoms with E-state index in [2.05, 4.69) is 35.6 Å². The van der Waals surface area contributed by atoms with Crippen molar-refractivity contribution in [3.8, 4) is 11.1 Å². The highest BCUT2D eigenvalue weighted by Gasteiger charge is 2.26. The Kier molecular flexibility index (Phi) is 6.01. The first-order chi connectivity index (χ1) is 16.0. The van der Waals surface area contributed by atoms with Crippen LogP contribution in [0.1, 0.15) is 23.1 Å². The van der Waals surface area contributed by atoms with E-state index in [1.165, 1.54) is 26.6 Å². The highest BCUT2D eigenvalue weighted by molar-refractivity contribution is 7.89. The minimum Gasteiger partial charge on any atom is -0.379 e. The number of morpholine rings is 1. The van der Waals surface area contributed by atoms with Crippen molar-refractivity contribution in [2.75, 3.05) is 31.6 Å². The zero-order chi connectivity index (χ0) is 22.8. The summed E-state index contributed by atoms with van der Waals surface area (Å²) in [6.45, 7) is 1.59. The molecule has 7 heteroatoms. The van der Waals surface area contributed by atoms with E-state index in [0.29, 0.717) is 39.1 Å². The summed E-state index contributed by atoms with van der Waals surface area (Å²) in [4.78, 5) is 12.8. The van der Waals surface area contributed by atoms with Crippen LogP contribution in [0.25, 0.3) is 11.1 Å². The molecule has 0 spiro atoms. The van der Waals surface area contributed by atoms with Crippen LogP contribution < -0.4 is 5.32 Å². The molecule has 1 aliphatic carbocycles. The Morgan fingerprint density at radius 2 is 1.64 bits per heavy atom. The summed E-state index contributed by atoms with van der Waals surface area (Å²) in [7, 11) is -3.50. The fourth-order valence-corrected chi connectivity index (χ4v) is 5.88. The molecule has 1 heterocycles. The second-order valence-corrected chi connectivity index (χ2v) is 10.4. The van der Waals surface area contributed by atoms with Crippen molar-refractivity contribution < 1.29 is 17.9 Å². The van der Waals surface area contributed by atoms with Crippen molar-refractivity contribution >= 4 is 21.6 Å². The molecule has 0 saturated carbocycles. The summed E-state index contributed by atoms with van der Waals surface area (Å²) in [5.41, 5.74) is 6.77. The van der Waals surface area contributed by atoms with Crippen LogP contribution in [-0.2, 0) is 32.4 Å². The molecule has 0 radical (unpaired) electrons. The van der Waals surface area contributed by atoms with Crippen molar-refractivity contribution in [1.82, 2.24) is 4.31 Å². The number of nitrogens with one attached hydrogen (secondary N) is 1. The van der Waals surface area contributed by atoms with E-state index in [-0.39, 0.29) is 10.8 Å². The normalized spacial score (nSPS) is 15.6. The Labute approximate surface area is 194 Å². The molecule has 3 aromatic carbocycles. The van der Waals surface area contributed by atoms with Crippen molar-refractivity contribution in [2.45, 2.75) is 24.2 Å². The molecule has 0 unspecified atom stereocenters. The van der Waals surface area contributed by atoms with Gasteiger partial charge in [0.25, 0.3) is 0 Å². The lowest BCUT2D eigenvalue weighted by Gasteiger charge is -2.26. The van der Waals surface area contributed by atoms with Gasteiger partial charge in [0.05, 0.1) is 18.1 Å². The van der Waals surface area contributed by atoms with E-state index >= 15 is 0 Å². The highest BCUT2D eigenvalue weighted by atomic mass is 32.2. The third kappa shape index (κ3) is 4.57. The summed E-state index contributed by atoms with van der Waals surface area (Å²) >= 11 is 0. The molecule has 33 heavy (non-hydrogen) atoms. The summed E-state index contributed by atoms with van der Waals surface area (Å²) < 4.78 is 32.1. The number of anilines is 1. The van der Waals surface area contributed by atoms with Crippen LogP contribution in [0.4, 0.5) is 5.69 Å². The number of sulfonamides is 1. The number of hydrogen-bond donors (Lipinski definition) is 1. The van der Waals surface area contributed by atoms with Crippen LogP contribution in [0.5, 0.6) is 0 Å². The molecule has 2 aliphatic rings. The fraction of sp³-hybridized carbons (Fsp3) is 0.269. The quantitative estimate of drug-likeness (QED) is 0.472. The van der Waals surface area contributed by atoms with E-state index in [4.69, 9.17) is 4.74 Å². The van der Waals surface area contributed by atoms with Crippen molar-refractivity contribution in [2.24, 2.45) is 0 Å². The van der Waals surface area contributed by atoms with E-state index < -0.39 is 10.0 Å². The molecule has 6 nitrogen and oxygen atoms in total. The summed E-state index contributed by atoms with van der Waals surface area (Å²) in [6.07, 6.45) is 1.75. The molecule has 1 saturated heterocycles. The van der Waals surface area contributed by atoms with Crippen LogP contribution in [-0.4, -0.2) is 44.9 Å². The largest absolute Gasteiger partial charge is 0.379 e. The minimum atomic E-state index is -3.50.